The Balaban J connectivity index is -0.000000309. The summed E-state index contributed by atoms with van der Waals surface area (Å²) in [6.07, 6.45) is 0. The topological polar surface area (TPSA) is 50.7 Å². The molecule has 12 heavy (non-hydrogen) atoms. The van der Waals surface area contributed by atoms with E-state index in [-0.39, 0.29) is 13.9 Å². The van der Waals surface area contributed by atoms with E-state index in [1.54, 1.807) is 20.9 Å². The molecule has 1 N–H and O–H groups in total. The summed E-state index contributed by atoms with van der Waals surface area (Å²) in [6.45, 7) is 7.58. The summed E-state index contributed by atoms with van der Waals surface area (Å²) in [5.74, 6) is -0.176. The van der Waals surface area contributed by atoms with E-state index in [0.29, 0.717) is 0 Å². The molecule has 0 aliphatic heterocycles. The molecule has 0 aromatic carbocycles. The first-order chi connectivity index (χ1) is 5.66. The molecule has 0 radical (unpaired) electrons. The van der Waals surface area contributed by atoms with Gasteiger partial charge in [-0.25, -0.2) is 0 Å². The second kappa shape index (κ2) is 9.94. The molecule has 0 atom stereocenters. The molecule has 0 heterocycles. The standard InChI is InChI=1S/C6H12N2O2.C2H6.H2/c1-5(2)8-10-4-6(9)7-3;1-2;/h4H2,1-3H3,(H,7,9);1-2H3;1H. The third-order valence-electron chi connectivity index (χ3n) is 0.722. The second-order valence-corrected chi connectivity index (χ2v) is 1.99. The zero-order valence-electron chi connectivity index (χ0n) is 8.47. The molecule has 0 aromatic heterocycles. The van der Waals surface area contributed by atoms with Gasteiger partial charge in [0.15, 0.2) is 6.61 Å². The number of hydrogen-bond donors (Lipinski definition) is 1. The Bertz CT molecular complexity index is 145. The number of hydrogen-bond acceptors (Lipinski definition) is 3. The number of oxime groups is 1. The van der Waals surface area contributed by atoms with Gasteiger partial charge in [-0.15, -0.1) is 0 Å². The minimum Gasteiger partial charge on any atom is -0.386 e. The molecule has 74 valence electrons. The average Bonchev–Trinajstić information content (AvgIpc) is 2.07. The van der Waals surface area contributed by atoms with Crippen molar-refractivity contribution in [2.24, 2.45) is 5.16 Å². The maximum absolute atomic E-state index is 10.5. The minimum atomic E-state index is -0.176. The second-order valence-electron chi connectivity index (χ2n) is 1.99. The summed E-state index contributed by atoms with van der Waals surface area (Å²) in [5, 5.41) is 5.97. The summed E-state index contributed by atoms with van der Waals surface area (Å²) < 4.78 is 0. The van der Waals surface area contributed by atoms with E-state index >= 15 is 0 Å². The highest BCUT2D eigenvalue weighted by Crippen LogP contribution is 1.78. The Labute approximate surface area is 75.5 Å². The van der Waals surface area contributed by atoms with Gasteiger partial charge in [0.05, 0.1) is 5.71 Å². The van der Waals surface area contributed by atoms with Gasteiger partial charge in [0.1, 0.15) is 0 Å². The smallest absolute Gasteiger partial charge is 0.260 e. The van der Waals surface area contributed by atoms with Crippen LogP contribution in [0.3, 0.4) is 0 Å². The van der Waals surface area contributed by atoms with Crippen LogP contribution in [0.15, 0.2) is 5.16 Å². The van der Waals surface area contributed by atoms with Crippen LogP contribution in [0.1, 0.15) is 29.1 Å². The fourth-order valence-corrected chi connectivity index (χ4v) is 0.292. The van der Waals surface area contributed by atoms with Crippen LogP contribution in [-0.4, -0.2) is 25.3 Å². The van der Waals surface area contributed by atoms with Crippen molar-refractivity contribution in [1.29, 1.82) is 0 Å². The van der Waals surface area contributed by atoms with Gasteiger partial charge in [0.25, 0.3) is 5.91 Å². The zero-order valence-corrected chi connectivity index (χ0v) is 8.47. The molecule has 0 spiro atoms. The lowest BCUT2D eigenvalue weighted by Gasteiger charge is -1.96. The van der Waals surface area contributed by atoms with Gasteiger partial charge in [0.2, 0.25) is 0 Å². The Morgan fingerprint density at radius 2 is 2.00 bits per heavy atom. The first kappa shape index (κ1) is 13.5. The molecule has 1 amide bonds. The lowest BCUT2D eigenvalue weighted by atomic mass is 10.5. The fourth-order valence-electron chi connectivity index (χ4n) is 0.292. The fraction of sp³-hybridized carbons (Fsp3) is 0.750. The lowest BCUT2D eigenvalue weighted by Crippen LogP contribution is -2.22. The SMILES string of the molecule is CC.CNC(=O)CON=C(C)C.[HH]. The quantitative estimate of drug-likeness (QED) is 0.522. The van der Waals surface area contributed by atoms with Crippen molar-refractivity contribution in [2.75, 3.05) is 13.7 Å². The van der Waals surface area contributed by atoms with Crippen molar-refractivity contribution in [3.05, 3.63) is 0 Å². The molecule has 0 saturated heterocycles. The van der Waals surface area contributed by atoms with Crippen LogP contribution < -0.4 is 5.32 Å². The number of rotatable bonds is 3. The highest BCUT2D eigenvalue weighted by Gasteiger charge is 1.94. The largest absolute Gasteiger partial charge is 0.386 e. The number of nitrogens with one attached hydrogen (secondary N) is 1. The predicted octanol–water partition coefficient (Wildman–Crippen LogP) is 1.42. The van der Waals surface area contributed by atoms with Gasteiger partial charge >= 0.3 is 0 Å². The van der Waals surface area contributed by atoms with Crippen molar-refractivity contribution in [3.8, 4) is 0 Å². The Hall–Kier alpha value is -1.06. The van der Waals surface area contributed by atoms with Gasteiger partial charge in [0, 0.05) is 8.47 Å². The molecular formula is C8H20N2O2. The number of nitrogens with zero attached hydrogens (tertiary/aromatic N) is 1. The van der Waals surface area contributed by atoms with Crippen LogP contribution in [0.25, 0.3) is 0 Å². The zero-order chi connectivity index (χ0) is 9.98. The predicted molar refractivity (Wildman–Crippen MR) is 52.3 cm³/mol. The van der Waals surface area contributed by atoms with Crippen LogP contribution >= 0.6 is 0 Å². The van der Waals surface area contributed by atoms with Gasteiger partial charge in [-0.1, -0.05) is 19.0 Å². The molecule has 0 saturated carbocycles. The van der Waals surface area contributed by atoms with E-state index in [1.165, 1.54) is 0 Å². The van der Waals surface area contributed by atoms with Gasteiger partial charge < -0.3 is 10.2 Å². The van der Waals surface area contributed by atoms with E-state index < -0.39 is 0 Å². The van der Waals surface area contributed by atoms with Crippen molar-refractivity contribution in [2.45, 2.75) is 27.7 Å². The molecular weight excluding hydrogens is 156 g/mol. The van der Waals surface area contributed by atoms with Crippen LogP contribution in [0.5, 0.6) is 0 Å². The van der Waals surface area contributed by atoms with Crippen molar-refractivity contribution < 1.29 is 11.1 Å². The molecule has 0 aromatic rings. The average molecular weight is 176 g/mol. The maximum Gasteiger partial charge on any atom is 0.260 e. The maximum atomic E-state index is 10.5. The highest BCUT2D eigenvalue weighted by atomic mass is 16.6. The van der Waals surface area contributed by atoms with Crippen molar-refractivity contribution in [3.63, 3.8) is 0 Å². The number of likely N-dealkylation sites (N-methyl/N-ethyl adjacent to an activating group) is 1. The van der Waals surface area contributed by atoms with Gasteiger partial charge in [-0.2, -0.15) is 0 Å². The van der Waals surface area contributed by atoms with Crippen LogP contribution in [0.2, 0.25) is 0 Å². The van der Waals surface area contributed by atoms with E-state index in [9.17, 15) is 4.79 Å². The highest BCUT2D eigenvalue weighted by molar-refractivity contribution is 5.79. The molecule has 0 aliphatic rings. The molecule has 4 nitrogen and oxygen atoms in total. The van der Waals surface area contributed by atoms with Crippen LogP contribution in [0.4, 0.5) is 0 Å². The third-order valence-corrected chi connectivity index (χ3v) is 0.722. The summed E-state index contributed by atoms with van der Waals surface area (Å²) in [6, 6.07) is 0. The Morgan fingerprint density at radius 1 is 1.50 bits per heavy atom. The summed E-state index contributed by atoms with van der Waals surface area (Å²) in [7, 11) is 1.55. The van der Waals surface area contributed by atoms with Crippen molar-refractivity contribution >= 4 is 11.6 Å². The number of carbonyl (C=O) groups is 1. The van der Waals surface area contributed by atoms with Crippen LogP contribution in [0, 0.1) is 0 Å². The third kappa shape index (κ3) is 11.7. The van der Waals surface area contributed by atoms with Crippen LogP contribution in [-0.2, 0) is 9.63 Å². The first-order valence-corrected chi connectivity index (χ1v) is 4.00. The van der Waals surface area contributed by atoms with Gasteiger partial charge in [-0.05, 0) is 13.8 Å². The van der Waals surface area contributed by atoms with Crippen molar-refractivity contribution in [1.82, 2.24) is 5.32 Å². The van der Waals surface area contributed by atoms with E-state index in [0.717, 1.165) is 5.71 Å². The number of carbonyl (C=O) groups excluding carboxylic acids is 1. The monoisotopic (exact) mass is 176 g/mol. The summed E-state index contributed by atoms with van der Waals surface area (Å²) in [4.78, 5) is 15.1. The van der Waals surface area contributed by atoms with E-state index in [1.807, 2.05) is 13.8 Å². The Morgan fingerprint density at radius 3 is 2.33 bits per heavy atom. The first-order valence-electron chi connectivity index (χ1n) is 4.00. The molecule has 0 aliphatic carbocycles. The number of amides is 1. The minimum absolute atomic E-state index is 0. The molecule has 0 fully saturated rings. The summed E-state index contributed by atoms with van der Waals surface area (Å²) >= 11 is 0. The molecule has 0 rings (SSSR count). The van der Waals surface area contributed by atoms with Gasteiger partial charge in [-0.3, -0.25) is 4.79 Å². The Kier molecular flexibility index (Phi) is 11.2. The summed E-state index contributed by atoms with van der Waals surface area (Å²) in [5.41, 5.74) is 0.795. The molecule has 0 unspecified atom stereocenters. The van der Waals surface area contributed by atoms with E-state index in [2.05, 4.69) is 15.3 Å². The van der Waals surface area contributed by atoms with E-state index in [4.69, 9.17) is 0 Å². The lowest BCUT2D eigenvalue weighted by molar-refractivity contribution is -0.125. The molecule has 0 bridgehead atoms. The normalized spacial score (nSPS) is 7.42. The molecule has 4 heteroatoms.